The summed E-state index contributed by atoms with van der Waals surface area (Å²) in [5.41, 5.74) is 2.00. The van der Waals surface area contributed by atoms with Crippen LogP contribution in [0.1, 0.15) is 17.4 Å². The van der Waals surface area contributed by atoms with Gasteiger partial charge in [-0.25, -0.2) is 4.98 Å². The number of methoxy groups -OCH3 is 1. The van der Waals surface area contributed by atoms with Crippen molar-refractivity contribution in [3.63, 3.8) is 0 Å². The van der Waals surface area contributed by atoms with Crippen LogP contribution in [0.25, 0.3) is 0 Å². The van der Waals surface area contributed by atoms with Crippen LogP contribution in [0.4, 0.5) is 0 Å². The summed E-state index contributed by atoms with van der Waals surface area (Å²) in [6, 6.07) is 3.90. The van der Waals surface area contributed by atoms with E-state index >= 15 is 0 Å². The van der Waals surface area contributed by atoms with Gasteiger partial charge in [-0.05, 0) is 18.6 Å². The fourth-order valence-corrected chi connectivity index (χ4v) is 1.59. The van der Waals surface area contributed by atoms with Crippen molar-refractivity contribution in [1.82, 2.24) is 4.98 Å². The molecule has 15 heavy (non-hydrogen) atoms. The lowest BCUT2D eigenvalue weighted by atomic mass is 10.2. The number of aryl methyl sites for hydroxylation is 1. The minimum Gasteiger partial charge on any atom is -0.481 e. The second-order valence-corrected chi connectivity index (χ2v) is 3.55. The summed E-state index contributed by atoms with van der Waals surface area (Å²) in [5, 5.41) is 0. The minimum atomic E-state index is -0.0625. The molecular formula is C11H15NO3. The molecule has 4 nitrogen and oxygen atoms in total. The van der Waals surface area contributed by atoms with Gasteiger partial charge in [0.15, 0.2) is 0 Å². The molecule has 0 aliphatic carbocycles. The second-order valence-electron chi connectivity index (χ2n) is 3.55. The van der Waals surface area contributed by atoms with Crippen LogP contribution in [0.3, 0.4) is 0 Å². The molecule has 0 saturated carbocycles. The quantitative estimate of drug-likeness (QED) is 0.739. The maximum absolute atomic E-state index is 5.58. The number of nitrogens with zero attached hydrogens (tertiary/aromatic N) is 1. The summed E-state index contributed by atoms with van der Waals surface area (Å²) >= 11 is 0. The molecule has 82 valence electrons. The van der Waals surface area contributed by atoms with Crippen molar-refractivity contribution < 1.29 is 14.2 Å². The Morgan fingerprint density at radius 2 is 2.27 bits per heavy atom. The predicted molar refractivity (Wildman–Crippen MR) is 55.0 cm³/mol. The first-order chi connectivity index (χ1) is 7.29. The Morgan fingerprint density at radius 3 is 2.93 bits per heavy atom. The van der Waals surface area contributed by atoms with Gasteiger partial charge in [0.05, 0.1) is 32.6 Å². The predicted octanol–water partition coefficient (Wildman–Crippen LogP) is 1.49. The molecule has 2 heterocycles. The maximum atomic E-state index is 5.58. The molecule has 0 aromatic carbocycles. The molecule has 1 atom stereocenters. The Hall–Kier alpha value is -1.13. The van der Waals surface area contributed by atoms with Gasteiger partial charge in [0.1, 0.15) is 6.10 Å². The molecule has 1 fully saturated rings. The average molecular weight is 209 g/mol. The first-order valence-corrected chi connectivity index (χ1v) is 5.01. The number of hydrogen-bond donors (Lipinski definition) is 0. The Morgan fingerprint density at radius 1 is 1.40 bits per heavy atom. The van der Waals surface area contributed by atoms with E-state index in [0.717, 1.165) is 11.3 Å². The van der Waals surface area contributed by atoms with Crippen LogP contribution in [-0.4, -0.2) is 31.9 Å². The van der Waals surface area contributed by atoms with Gasteiger partial charge in [0, 0.05) is 6.07 Å². The molecule has 0 amide bonds. The Bertz CT molecular complexity index is 335. The normalized spacial score (nSPS) is 21.3. The van der Waals surface area contributed by atoms with Crippen LogP contribution < -0.4 is 4.74 Å². The van der Waals surface area contributed by atoms with Crippen LogP contribution in [0, 0.1) is 6.92 Å². The number of pyridine rings is 1. The highest BCUT2D eigenvalue weighted by molar-refractivity contribution is 5.25. The molecule has 4 heteroatoms. The van der Waals surface area contributed by atoms with E-state index in [9.17, 15) is 0 Å². The molecular weight excluding hydrogens is 194 g/mol. The number of aromatic nitrogens is 1. The highest BCUT2D eigenvalue weighted by atomic mass is 16.6. The van der Waals surface area contributed by atoms with Gasteiger partial charge in [-0.15, -0.1) is 0 Å². The van der Waals surface area contributed by atoms with Crippen molar-refractivity contribution in [3.05, 3.63) is 23.4 Å². The van der Waals surface area contributed by atoms with Crippen molar-refractivity contribution >= 4 is 0 Å². The molecule has 1 aliphatic heterocycles. The van der Waals surface area contributed by atoms with E-state index in [2.05, 4.69) is 4.98 Å². The molecule has 1 aliphatic rings. The van der Waals surface area contributed by atoms with Crippen LogP contribution in [0.5, 0.6) is 5.88 Å². The van der Waals surface area contributed by atoms with E-state index in [1.54, 1.807) is 7.11 Å². The largest absolute Gasteiger partial charge is 0.481 e. The minimum absolute atomic E-state index is 0.0625. The third kappa shape index (κ3) is 2.46. The fourth-order valence-electron chi connectivity index (χ4n) is 1.59. The van der Waals surface area contributed by atoms with Crippen LogP contribution in [0.2, 0.25) is 0 Å². The lowest BCUT2D eigenvalue weighted by Gasteiger charge is -2.22. The van der Waals surface area contributed by atoms with E-state index in [4.69, 9.17) is 14.2 Å². The third-order valence-corrected chi connectivity index (χ3v) is 2.32. The monoisotopic (exact) mass is 209 g/mol. The Kier molecular flexibility index (Phi) is 3.18. The Labute approximate surface area is 89.2 Å². The first kappa shape index (κ1) is 10.4. The molecule has 0 bridgehead atoms. The lowest BCUT2D eigenvalue weighted by Crippen LogP contribution is -2.22. The summed E-state index contributed by atoms with van der Waals surface area (Å²) in [6.07, 6.45) is -0.0625. The van der Waals surface area contributed by atoms with E-state index in [1.165, 1.54) is 0 Å². The number of hydrogen-bond acceptors (Lipinski definition) is 4. The SMILES string of the molecule is COc1cc(C)cc(C2COCCO2)n1. The summed E-state index contributed by atoms with van der Waals surface area (Å²) < 4.78 is 16.0. The Balaban J connectivity index is 2.22. The zero-order valence-electron chi connectivity index (χ0n) is 9.03. The summed E-state index contributed by atoms with van der Waals surface area (Å²) in [5.74, 6) is 0.624. The van der Waals surface area contributed by atoms with E-state index in [0.29, 0.717) is 25.7 Å². The van der Waals surface area contributed by atoms with Gasteiger partial charge in [-0.1, -0.05) is 0 Å². The van der Waals surface area contributed by atoms with Crippen LogP contribution >= 0.6 is 0 Å². The van der Waals surface area contributed by atoms with Crippen molar-refractivity contribution in [2.45, 2.75) is 13.0 Å². The summed E-state index contributed by atoms with van der Waals surface area (Å²) in [6.45, 7) is 3.87. The molecule has 1 aromatic rings. The van der Waals surface area contributed by atoms with Gasteiger partial charge in [-0.3, -0.25) is 0 Å². The average Bonchev–Trinajstić information content (AvgIpc) is 2.29. The molecule has 0 N–H and O–H groups in total. The van der Waals surface area contributed by atoms with Gasteiger partial charge >= 0.3 is 0 Å². The van der Waals surface area contributed by atoms with Crippen molar-refractivity contribution in [2.75, 3.05) is 26.9 Å². The fraction of sp³-hybridized carbons (Fsp3) is 0.545. The molecule has 0 spiro atoms. The van der Waals surface area contributed by atoms with Gasteiger partial charge in [-0.2, -0.15) is 0 Å². The highest BCUT2D eigenvalue weighted by Crippen LogP contribution is 2.22. The molecule has 0 radical (unpaired) electrons. The van der Waals surface area contributed by atoms with Crippen molar-refractivity contribution in [3.8, 4) is 5.88 Å². The lowest BCUT2D eigenvalue weighted by molar-refractivity contribution is -0.0919. The number of ether oxygens (including phenoxy) is 3. The summed E-state index contributed by atoms with van der Waals surface area (Å²) in [4.78, 5) is 4.35. The zero-order chi connectivity index (χ0) is 10.7. The number of rotatable bonds is 2. The molecule has 1 unspecified atom stereocenters. The van der Waals surface area contributed by atoms with Gasteiger partial charge in [0.2, 0.25) is 5.88 Å². The summed E-state index contributed by atoms with van der Waals surface area (Å²) in [7, 11) is 1.61. The van der Waals surface area contributed by atoms with Crippen LogP contribution in [-0.2, 0) is 9.47 Å². The maximum Gasteiger partial charge on any atom is 0.213 e. The standard InChI is InChI=1S/C11H15NO3/c1-8-5-9(12-11(6-8)13-2)10-7-14-3-4-15-10/h5-6,10H,3-4,7H2,1-2H3. The molecule has 1 aromatic heterocycles. The third-order valence-electron chi connectivity index (χ3n) is 2.32. The van der Waals surface area contributed by atoms with Gasteiger partial charge in [0.25, 0.3) is 0 Å². The topological polar surface area (TPSA) is 40.6 Å². The van der Waals surface area contributed by atoms with E-state index in [-0.39, 0.29) is 6.10 Å². The zero-order valence-corrected chi connectivity index (χ0v) is 9.03. The van der Waals surface area contributed by atoms with Gasteiger partial charge < -0.3 is 14.2 Å². The van der Waals surface area contributed by atoms with Crippen molar-refractivity contribution in [2.24, 2.45) is 0 Å². The highest BCUT2D eigenvalue weighted by Gasteiger charge is 2.18. The van der Waals surface area contributed by atoms with E-state index in [1.807, 2.05) is 19.1 Å². The van der Waals surface area contributed by atoms with Crippen molar-refractivity contribution in [1.29, 1.82) is 0 Å². The van der Waals surface area contributed by atoms with Crippen LogP contribution in [0.15, 0.2) is 12.1 Å². The first-order valence-electron chi connectivity index (χ1n) is 5.01. The smallest absolute Gasteiger partial charge is 0.213 e. The second kappa shape index (κ2) is 4.59. The molecule has 2 rings (SSSR count). The molecule has 1 saturated heterocycles. The van der Waals surface area contributed by atoms with E-state index < -0.39 is 0 Å².